The Kier molecular flexibility index (Phi) is 5.74. The largest absolute Gasteiger partial charge is 0.495 e. The molecule has 1 amide bonds. The van der Waals surface area contributed by atoms with Crippen LogP contribution in [0.5, 0.6) is 5.75 Å². The van der Waals surface area contributed by atoms with E-state index >= 15 is 0 Å². The van der Waals surface area contributed by atoms with Crippen molar-refractivity contribution in [1.82, 2.24) is 14.9 Å². The summed E-state index contributed by atoms with van der Waals surface area (Å²) in [6.45, 7) is 0.837. The first kappa shape index (κ1) is 18.7. The number of amides is 1. The van der Waals surface area contributed by atoms with Crippen molar-refractivity contribution in [3.8, 4) is 5.75 Å². The van der Waals surface area contributed by atoms with Crippen molar-refractivity contribution in [1.29, 1.82) is 0 Å². The van der Waals surface area contributed by atoms with Gasteiger partial charge in [-0.05, 0) is 62.8 Å². The minimum atomic E-state index is 0.0998. The predicted molar refractivity (Wildman–Crippen MR) is 108 cm³/mol. The Hall–Kier alpha value is -2.63. The average Bonchev–Trinajstić information content (AvgIpc) is 3.24. The first-order valence-electron chi connectivity index (χ1n) is 10.2. The molecule has 148 valence electrons. The number of likely N-dealkylation sites (tertiary alicyclic amines) is 1. The molecule has 0 spiro atoms. The smallest absolute Gasteiger partial charge is 0.226 e. The Balaban J connectivity index is 1.35. The number of carbonyl (C=O) groups excluding carboxylic acids is 1. The average molecular weight is 380 g/mol. The second kappa shape index (κ2) is 8.59. The summed E-state index contributed by atoms with van der Waals surface area (Å²) in [6, 6.07) is 10.3. The van der Waals surface area contributed by atoms with Crippen molar-refractivity contribution in [2.75, 3.05) is 19.0 Å². The zero-order valence-corrected chi connectivity index (χ0v) is 16.4. The lowest BCUT2D eigenvalue weighted by Gasteiger charge is -2.33. The molecular formula is C22H28N4O2. The molecule has 1 atom stereocenters. The number of aromatic nitrogens is 2. The van der Waals surface area contributed by atoms with Crippen molar-refractivity contribution in [2.24, 2.45) is 5.92 Å². The van der Waals surface area contributed by atoms with Crippen LogP contribution in [0, 0.1) is 5.92 Å². The molecule has 1 aliphatic heterocycles. The molecule has 0 bridgehead atoms. The number of methoxy groups -OCH3 is 1. The second-order valence-electron chi connectivity index (χ2n) is 7.72. The highest BCUT2D eigenvalue weighted by Gasteiger charge is 2.36. The summed E-state index contributed by atoms with van der Waals surface area (Å²) in [5.74, 6) is 2.10. The number of rotatable bonds is 5. The molecule has 2 aliphatic rings. The lowest BCUT2D eigenvalue weighted by Crippen LogP contribution is -2.39. The van der Waals surface area contributed by atoms with Gasteiger partial charge in [0, 0.05) is 24.7 Å². The van der Waals surface area contributed by atoms with Gasteiger partial charge in [0.15, 0.2) is 0 Å². The Morgan fingerprint density at radius 2 is 1.96 bits per heavy atom. The number of pyridine rings is 2. The van der Waals surface area contributed by atoms with Gasteiger partial charge < -0.3 is 15.0 Å². The fraction of sp³-hybridized carbons (Fsp3) is 0.500. The van der Waals surface area contributed by atoms with Gasteiger partial charge in [0.25, 0.3) is 0 Å². The normalized spacial score (nSPS) is 24.8. The van der Waals surface area contributed by atoms with Gasteiger partial charge in [0.2, 0.25) is 5.91 Å². The van der Waals surface area contributed by atoms with Crippen LogP contribution in [-0.4, -0.2) is 40.5 Å². The summed E-state index contributed by atoms with van der Waals surface area (Å²) in [4.78, 5) is 24.2. The maximum Gasteiger partial charge on any atom is 0.226 e. The van der Waals surface area contributed by atoms with Crippen molar-refractivity contribution in [2.45, 2.75) is 50.6 Å². The molecule has 1 aliphatic carbocycles. The number of nitrogens with one attached hydrogen (secondary N) is 1. The van der Waals surface area contributed by atoms with Gasteiger partial charge in [-0.25, -0.2) is 4.98 Å². The maximum atomic E-state index is 13.2. The molecule has 2 aromatic rings. The lowest BCUT2D eigenvalue weighted by molar-refractivity contribution is -0.137. The monoisotopic (exact) mass is 380 g/mol. The van der Waals surface area contributed by atoms with E-state index in [1.165, 1.54) is 0 Å². The van der Waals surface area contributed by atoms with Crippen LogP contribution in [0.1, 0.15) is 50.3 Å². The first-order valence-corrected chi connectivity index (χ1v) is 10.2. The minimum absolute atomic E-state index is 0.0998. The van der Waals surface area contributed by atoms with E-state index in [9.17, 15) is 4.79 Å². The predicted octanol–water partition coefficient (Wildman–Crippen LogP) is 3.82. The summed E-state index contributed by atoms with van der Waals surface area (Å²) in [5.41, 5.74) is 0.970. The van der Waals surface area contributed by atoms with Crippen LogP contribution < -0.4 is 10.1 Å². The van der Waals surface area contributed by atoms with E-state index in [1.54, 1.807) is 19.5 Å². The fourth-order valence-corrected chi connectivity index (χ4v) is 4.42. The van der Waals surface area contributed by atoms with Crippen LogP contribution in [0.25, 0.3) is 0 Å². The number of anilines is 1. The number of carbonyl (C=O) groups is 1. The second-order valence-corrected chi connectivity index (χ2v) is 7.72. The molecule has 28 heavy (non-hydrogen) atoms. The SMILES string of the molecule is COc1ccc(C2CCCN2C(=O)C2CCC(Nc3ccccn3)CC2)nc1. The number of nitrogens with zero attached hydrogens (tertiary/aromatic N) is 3. The molecule has 2 fully saturated rings. The highest BCUT2D eigenvalue weighted by atomic mass is 16.5. The van der Waals surface area contributed by atoms with E-state index in [1.807, 2.05) is 30.3 Å². The van der Waals surface area contributed by atoms with E-state index in [0.29, 0.717) is 11.9 Å². The summed E-state index contributed by atoms with van der Waals surface area (Å²) < 4.78 is 5.20. The highest BCUT2D eigenvalue weighted by molar-refractivity contribution is 5.79. The van der Waals surface area contributed by atoms with Crippen LogP contribution in [0.4, 0.5) is 5.82 Å². The van der Waals surface area contributed by atoms with Gasteiger partial charge in [0.05, 0.1) is 25.0 Å². The number of hydrogen-bond donors (Lipinski definition) is 1. The van der Waals surface area contributed by atoms with Crippen molar-refractivity contribution in [3.63, 3.8) is 0 Å². The first-order chi connectivity index (χ1) is 13.7. The topological polar surface area (TPSA) is 67.3 Å². The molecule has 0 radical (unpaired) electrons. The van der Waals surface area contributed by atoms with Crippen LogP contribution in [0.3, 0.4) is 0 Å². The molecule has 1 saturated carbocycles. The van der Waals surface area contributed by atoms with E-state index < -0.39 is 0 Å². The highest BCUT2D eigenvalue weighted by Crippen LogP contribution is 2.35. The van der Waals surface area contributed by atoms with Gasteiger partial charge in [-0.3, -0.25) is 9.78 Å². The van der Waals surface area contributed by atoms with Crippen molar-refractivity contribution < 1.29 is 9.53 Å². The van der Waals surface area contributed by atoms with Gasteiger partial charge in [-0.15, -0.1) is 0 Å². The molecule has 3 heterocycles. The summed E-state index contributed by atoms with van der Waals surface area (Å²) in [7, 11) is 1.64. The number of hydrogen-bond acceptors (Lipinski definition) is 5. The van der Waals surface area contributed by atoms with E-state index in [2.05, 4.69) is 20.2 Å². The van der Waals surface area contributed by atoms with E-state index in [0.717, 1.165) is 62.3 Å². The molecule has 6 heteroatoms. The number of ether oxygens (including phenoxy) is 1. The summed E-state index contributed by atoms with van der Waals surface area (Å²) in [6.07, 6.45) is 9.45. The molecular weight excluding hydrogens is 352 g/mol. The van der Waals surface area contributed by atoms with Crippen LogP contribution in [0.2, 0.25) is 0 Å². The zero-order chi connectivity index (χ0) is 19.3. The Bertz CT molecular complexity index is 773. The third-order valence-electron chi connectivity index (χ3n) is 5.97. The molecule has 1 saturated heterocycles. The molecule has 2 aromatic heterocycles. The Morgan fingerprint density at radius 1 is 1.11 bits per heavy atom. The maximum absolute atomic E-state index is 13.2. The molecule has 0 aromatic carbocycles. The summed E-state index contributed by atoms with van der Waals surface area (Å²) in [5, 5.41) is 3.50. The van der Waals surface area contributed by atoms with E-state index in [4.69, 9.17) is 4.74 Å². The summed E-state index contributed by atoms with van der Waals surface area (Å²) >= 11 is 0. The van der Waals surface area contributed by atoms with Gasteiger partial charge in [0.1, 0.15) is 11.6 Å². The van der Waals surface area contributed by atoms with Crippen molar-refractivity contribution in [3.05, 3.63) is 48.4 Å². The Labute approximate surface area is 166 Å². The van der Waals surface area contributed by atoms with Crippen LogP contribution in [0.15, 0.2) is 42.7 Å². The standard InChI is InChI=1S/C22H28N4O2/c1-28-18-11-12-19(24-15-18)20-5-4-14-26(20)22(27)16-7-9-17(10-8-16)25-21-6-2-3-13-23-21/h2-3,6,11-13,15-17,20H,4-5,7-10,14H2,1H3,(H,23,25). The molecule has 1 N–H and O–H groups in total. The fourth-order valence-electron chi connectivity index (χ4n) is 4.42. The van der Waals surface area contributed by atoms with Crippen molar-refractivity contribution >= 4 is 11.7 Å². The molecule has 4 rings (SSSR count). The molecule has 1 unspecified atom stereocenters. The third kappa shape index (κ3) is 4.11. The Morgan fingerprint density at radius 3 is 2.64 bits per heavy atom. The van der Waals surface area contributed by atoms with Gasteiger partial charge >= 0.3 is 0 Å². The molecule has 6 nitrogen and oxygen atoms in total. The third-order valence-corrected chi connectivity index (χ3v) is 5.97. The van der Waals surface area contributed by atoms with Gasteiger partial charge in [-0.2, -0.15) is 0 Å². The minimum Gasteiger partial charge on any atom is -0.495 e. The lowest BCUT2D eigenvalue weighted by atomic mass is 9.85. The quantitative estimate of drug-likeness (QED) is 0.854. The van der Waals surface area contributed by atoms with Crippen LogP contribution in [-0.2, 0) is 4.79 Å². The zero-order valence-electron chi connectivity index (χ0n) is 16.4. The van der Waals surface area contributed by atoms with Gasteiger partial charge in [-0.1, -0.05) is 6.07 Å². The van der Waals surface area contributed by atoms with Crippen LogP contribution >= 0.6 is 0 Å². The van der Waals surface area contributed by atoms with E-state index in [-0.39, 0.29) is 12.0 Å².